The second-order valence-electron chi connectivity index (χ2n) is 10.9. The van der Waals surface area contributed by atoms with E-state index in [-0.39, 0.29) is 17.9 Å². The predicted octanol–water partition coefficient (Wildman–Crippen LogP) is 3.35. The van der Waals surface area contributed by atoms with Crippen molar-refractivity contribution in [1.82, 2.24) is 15.1 Å². The smallest absolute Gasteiger partial charge is 0.254 e. The van der Waals surface area contributed by atoms with E-state index in [0.717, 1.165) is 31.5 Å². The molecule has 6 nitrogen and oxygen atoms in total. The van der Waals surface area contributed by atoms with Crippen molar-refractivity contribution in [3.8, 4) is 0 Å². The molecule has 2 saturated heterocycles. The van der Waals surface area contributed by atoms with Crippen LogP contribution in [-0.4, -0.2) is 70.1 Å². The minimum atomic E-state index is -1.08. The predicted molar refractivity (Wildman–Crippen MR) is 128 cm³/mol. The maximum Gasteiger partial charge on any atom is 0.254 e. The number of carbonyl (C=O) groups is 2. The van der Waals surface area contributed by atoms with Gasteiger partial charge in [0.05, 0.1) is 0 Å². The van der Waals surface area contributed by atoms with E-state index in [1.165, 1.54) is 44.9 Å². The first kappa shape index (κ1) is 22.9. The third kappa shape index (κ3) is 5.27. The Morgan fingerprint density at radius 2 is 1.67 bits per heavy atom. The van der Waals surface area contributed by atoms with E-state index in [9.17, 15) is 14.7 Å². The number of nitrogens with one attached hydrogen (secondary N) is 1. The van der Waals surface area contributed by atoms with Crippen molar-refractivity contribution in [3.05, 3.63) is 35.9 Å². The molecule has 0 spiro atoms. The fourth-order valence-corrected chi connectivity index (χ4v) is 6.44. The SMILES string of the molecule is O=C(NC1CC2CCC(C1)N2CCN(CC1CCCCC1)C(=O)C1(O)CC1)c1ccccc1. The first-order valence-electron chi connectivity index (χ1n) is 13.2. The van der Waals surface area contributed by atoms with Gasteiger partial charge in [0, 0.05) is 43.3 Å². The summed E-state index contributed by atoms with van der Waals surface area (Å²) in [5.74, 6) is 0.571. The highest BCUT2D eigenvalue weighted by Crippen LogP contribution is 2.39. The van der Waals surface area contributed by atoms with Crippen molar-refractivity contribution in [2.75, 3.05) is 19.6 Å². The Hall–Kier alpha value is -1.92. The number of amides is 2. The zero-order chi connectivity index (χ0) is 22.8. The van der Waals surface area contributed by atoms with E-state index < -0.39 is 5.60 Å². The van der Waals surface area contributed by atoms with Crippen LogP contribution in [0.15, 0.2) is 30.3 Å². The molecule has 2 saturated carbocycles. The quantitative estimate of drug-likeness (QED) is 0.633. The molecule has 2 aliphatic carbocycles. The Labute approximate surface area is 197 Å². The molecule has 2 unspecified atom stereocenters. The number of nitrogens with zero attached hydrogens (tertiary/aromatic N) is 2. The fraction of sp³-hybridized carbons (Fsp3) is 0.704. The molecule has 1 aromatic rings. The Morgan fingerprint density at radius 3 is 2.30 bits per heavy atom. The summed E-state index contributed by atoms with van der Waals surface area (Å²) < 4.78 is 0. The second-order valence-corrected chi connectivity index (χ2v) is 10.9. The minimum Gasteiger partial charge on any atom is -0.380 e. The number of rotatable bonds is 8. The summed E-state index contributed by atoms with van der Waals surface area (Å²) in [7, 11) is 0. The van der Waals surface area contributed by atoms with Crippen molar-refractivity contribution in [3.63, 3.8) is 0 Å². The Kier molecular flexibility index (Phi) is 6.75. The number of piperidine rings is 1. The molecule has 6 heteroatoms. The Morgan fingerprint density at radius 1 is 1.00 bits per heavy atom. The summed E-state index contributed by atoms with van der Waals surface area (Å²) in [6, 6.07) is 10.6. The molecule has 2 amide bonds. The number of aliphatic hydroxyl groups is 1. The number of fused-ring (bicyclic) bond motifs is 2. The van der Waals surface area contributed by atoms with Gasteiger partial charge in [-0.3, -0.25) is 14.5 Å². The molecule has 4 aliphatic rings. The van der Waals surface area contributed by atoms with Gasteiger partial charge in [-0.15, -0.1) is 0 Å². The van der Waals surface area contributed by atoms with Crippen LogP contribution >= 0.6 is 0 Å². The molecule has 2 N–H and O–H groups in total. The largest absolute Gasteiger partial charge is 0.380 e. The number of hydrogen-bond acceptors (Lipinski definition) is 4. The van der Waals surface area contributed by atoms with Crippen molar-refractivity contribution < 1.29 is 14.7 Å². The maximum absolute atomic E-state index is 13.1. The molecule has 0 aromatic heterocycles. The van der Waals surface area contributed by atoms with Crippen molar-refractivity contribution >= 4 is 11.8 Å². The highest BCUT2D eigenvalue weighted by atomic mass is 16.3. The van der Waals surface area contributed by atoms with Crippen molar-refractivity contribution in [2.24, 2.45) is 5.92 Å². The lowest BCUT2D eigenvalue weighted by Crippen LogP contribution is -2.53. The van der Waals surface area contributed by atoms with Gasteiger partial charge >= 0.3 is 0 Å². The van der Waals surface area contributed by atoms with Gasteiger partial charge in [-0.05, 0) is 69.4 Å². The van der Waals surface area contributed by atoms with Crippen LogP contribution in [0, 0.1) is 5.92 Å². The third-order valence-corrected chi connectivity index (χ3v) is 8.50. The van der Waals surface area contributed by atoms with Crippen LogP contribution in [0.25, 0.3) is 0 Å². The zero-order valence-electron chi connectivity index (χ0n) is 19.8. The highest BCUT2D eigenvalue weighted by Gasteiger charge is 2.50. The van der Waals surface area contributed by atoms with Gasteiger partial charge in [0.1, 0.15) is 5.60 Å². The average Bonchev–Trinajstić information content (AvgIpc) is 3.54. The first-order chi connectivity index (χ1) is 16.0. The number of benzene rings is 1. The average molecular weight is 454 g/mol. The monoisotopic (exact) mass is 453 g/mol. The van der Waals surface area contributed by atoms with Crippen molar-refractivity contribution in [2.45, 2.75) is 94.4 Å². The molecular weight excluding hydrogens is 414 g/mol. The number of hydrogen-bond donors (Lipinski definition) is 2. The molecule has 33 heavy (non-hydrogen) atoms. The van der Waals surface area contributed by atoms with E-state index >= 15 is 0 Å². The minimum absolute atomic E-state index is 0.0235. The van der Waals surface area contributed by atoms with Crippen LogP contribution in [0.3, 0.4) is 0 Å². The van der Waals surface area contributed by atoms with E-state index in [2.05, 4.69) is 10.2 Å². The summed E-state index contributed by atoms with van der Waals surface area (Å²) in [5, 5.41) is 13.8. The summed E-state index contributed by atoms with van der Waals surface area (Å²) in [6.07, 6.45) is 11.8. The van der Waals surface area contributed by atoms with Gasteiger partial charge in [-0.2, -0.15) is 0 Å². The van der Waals surface area contributed by atoms with Gasteiger partial charge in [-0.1, -0.05) is 37.5 Å². The fourth-order valence-electron chi connectivity index (χ4n) is 6.44. The molecule has 5 rings (SSSR count). The summed E-state index contributed by atoms with van der Waals surface area (Å²) in [4.78, 5) is 30.3. The van der Waals surface area contributed by atoms with Gasteiger partial charge in [-0.25, -0.2) is 0 Å². The molecule has 2 heterocycles. The van der Waals surface area contributed by atoms with E-state index in [1.54, 1.807) is 0 Å². The summed E-state index contributed by atoms with van der Waals surface area (Å²) in [6.45, 7) is 2.40. The van der Waals surface area contributed by atoms with E-state index in [0.29, 0.717) is 37.4 Å². The normalized spacial score (nSPS) is 28.9. The van der Waals surface area contributed by atoms with E-state index in [4.69, 9.17) is 0 Å². The topological polar surface area (TPSA) is 72.9 Å². The van der Waals surface area contributed by atoms with Gasteiger partial charge in [0.25, 0.3) is 11.8 Å². The van der Waals surface area contributed by atoms with Crippen LogP contribution in [0.2, 0.25) is 0 Å². The lowest BCUT2D eigenvalue weighted by molar-refractivity contribution is -0.143. The Balaban J connectivity index is 1.17. The first-order valence-corrected chi connectivity index (χ1v) is 13.2. The van der Waals surface area contributed by atoms with Crippen LogP contribution in [0.5, 0.6) is 0 Å². The number of carbonyl (C=O) groups excluding carboxylic acids is 2. The molecule has 1 aromatic carbocycles. The van der Waals surface area contributed by atoms with Crippen LogP contribution in [0.1, 0.15) is 81.0 Å². The van der Waals surface area contributed by atoms with Gasteiger partial charge < -0.3 is 15.3 Å². The standard InChI is InChI=1S/C27H39N3O3/c31-25(21-9-5-2-6-10-21)28-22-17-23-11-12-24(18-22)30(23)16-15-29(26(32)27(33)13-14-27)19-20-7-3-1-4-8-20/h2,5-6,9-10,20,22-24,33H,1,3-4,7-8,11-19H2,(H,28,31). The second kappa shape index (κ2) is 9.75. The molecule has 2 atom stereocenters. The van der Waals surface area contributed by atoms with Crippen LogP contribution in [-0.2, 0) is 4.79 Å². The Bertz CT molecular complexity index is 820. The molecule has 180 valence electrons. The molecule has 4 fully saturated rings. The molecule has 2 bridgehead atoms. The lowest BCUT2D eigenvalue weighted by Gasteiger charge is -2.40. The zero-order valence-corrected chi connectivity index (χ0v) is 19.8. The molecule has 0 radical (unpaired) electrons. The van der Waals surface area contributed by atoms with Crippen LogP contribution in [0.4, 0.5) is 0 Å². The third-order valence-electron chi connectivity index (χ3n) is 8.50. The highest BCUT2D eigenvalue weighted by molar-refractivity contribution is 5.94. The van der Waals surface area contributed by atoms with Crippen LogP contribution < -0.4 is 5.32 Å². The van der Waals surface area contributed by atoms with E-state index in [1.807, 2.05) is 35.2 Å². The summed E-state index contributed by atoms with van der Waals surface area (Å²) >= 11 is 0. The maximum atomic E-state index is 13.1. The lowest BCUT2D eigenvalue weighted by atomic mass is 9.89. The summed E-state index contributed by atoms with van der Waals surface area (Å²) in [5.41, 5.74) is -0.357. The molecular formula is C27H39N3O3. The molecule has 2 aliphatic heterocycles. The van der Waals surface area contributed by atoms with Gasteiger partial charge in [0.2, 0.25) is 0 Å². The van der Waals surface area contributed by atoms with Crippen molar-refractivity contribution in [1.29, 1.82) is 0 Å². The van der Waals surface area contributed by atoms with Gasteiger partial charge in [0.15, 0.2) is 0 Å².